The number of ether oxygens (including phenoxy) is 9. The Morgan fingerprint density at radius 2 is 0.644 bits per heavy atom. The highest BCUT2D eigenvalue weighted by atomic mass is 16.6. The molecule has 0 amide bonds. The maximum absolute atomic E-state index is 8.58. The molecule has 0 heterocycles. The molecule has 0 bridgehead atoms. The lowest BCUT2D eigenvalue weighted by molar-refractivity contribution is -0.0254. The molecule has 45 heavy (non-hydrogen) atoms. The zero-order valence-corrected chi connectivity index (χ0v) is 28.2. The normalized spacial score (nSPS) is 11.5. The maximum atomic E-state index is 8.58. The molecule has 1 rings (SSSR count). The first-order valence-electron chi connectivity index (χ1n) is 17.2. The average Bonchev–Trinajstić information content (AvgIpc) is 3.06. The summed E-state index contributed by atoms with van der Waals surface area (Å²) in [5, 5.41) is 8.58. The van der Waals surface area contributed by atoms with Gasteiger partial charge in [0.25, 0.3) is 0 Å². The van der Waals surface area contributed by atoms with Gasteiger partial charge in [0.2, 0.25) is 0 Å². The van der Waals surface area contributed by atoms with E-state index in [1.54, 1.807) is 0 Å². The summed E-state index contributed by atoms with van der Waals surface area (Å²) in [6.45, 7) is 11.8. The van der Waals surface area contributed by atoms with E-state index in [1.807, 2.05) is 0 Å². The number of aliphatic hydroxyl groups is 1. The molecule has 0 aliphatic carbocycles. The minimum atomic E-state index is 0.0302. The SMILES string of the molecule is CCCCCCCCCc1ccc(CCOCCOCCOCCOCCOCCOCCOCCOCCOCCO)cc1. The lowest BCUT2D eigenvalue weighted by Gasteiger charge is -2.09. The Morgan fingerprint density at radius 1 is 0.356 bits per heavy atom. The number of benzene rings is 1. The molecule has 0 spiro atoms. The van der Waals surface area contributed by atoms with E-state index >= 15 is 0 Å². The van der Waals surface area contributed by atoms with E-state index in [1.165, 1.54) is 62.5 Å². The Balaban J connectivity index is 1.72. The van der Waals surface area contributed by atoms with Crippen LogP contribution in [0.25, 0.3) is 0 Å². The van der Waals surface area contributed by atoms with E-state index in [2.05, 4.69) is 31.2 Å². The monoisotopic (exact) mass is 644 g/mol. The van der Waals surface area contributed by atoms with Crippen LogP contribution in [0.5, 0.6) is 0 Å². The zero-order chi connectivity index (χ0) is 32.1. The Hall–Kier alpha value is -1.18. The Kier molecular flexibility index (Phi) is 33.2. The molecule has 0 saturated carbocycles. The highest BCUT2D eigenvalue weighted by Gasteiger charge is 1.99. The molecule has 0 atom stereocenters. The standard InChI is InChI=1S/C35H64O10/c1-2-3-4-5-6-7-8-9-34-10-12-35(13-11-34)14-16-37-18-20-39-22-24-41-26-28-43-30-32-45-33-31-44-29-27-42-25-23-40-21-19-38-17-15-36/h10-13,36H,2-9,14-33H2,1H3. The van der Waals surface area contributed by atoms with Gasteiger partial charge in [-0.15, -0.1) is 0 Å². The number of unbranched alkanes of at least 4 members (excludes halogenated alkanes) is 6. The van der Waals surface area contributed by atoms with Crippen LogP contribution in [0.1, 0.15) is 63.0 Å². The molecule has 0 unspecified atom stereocenters. The summed E-state index contributed by atoms with van der Waals surface area (Å²) < 4.78 is 49.1. The summed E-state index contributed by atoms with van der Waals surface area (Å²) in [4.78, 5) is 0. The first-order chi connectivity index (χ1) is 22.4. The van der Waals surface area contributed by atoms with Gasteiger partial charge < -0.3 is 47.7 Å². The molecule has 0 fully saturated rings. The Bertz CT molecular complexity index is 692. The van der Waals surface area contributed by atoms with E-state index in [-0.39, 0.29) is 6.61 Å². The van der Waals surface area contributed by atoms with Gasteiger partial charge in [0.15, 0.2) is 0 Å². The second-order valence-corrected chi connectivity index (χ2v) is 10.7. The minimum Gasteiger partial charge on any atom is -0.394 e. The van der Waals surface area contributed by atoms with Gasteiger partial charge in [-0.1, -0.05) is 69.7 Å². The highest BCUT2D eigenvalue weighted by molar-refractivity contribution is 5.22. The average molecular weight is 645 g/mol. The lowest BCUT2D eigenvalue weighted by atomic mass is 10.0. The molecule has 1 aromatic carbocycles. The predicted molar refractivity (Wildman–Crippen MR) is 176 cm³/mol. The zero-order valence-electron chi connectivity index (χ0n) is 28.2. The Labute approximate surface area is 273 Å². The van der Waals surface area contributed by atoms with Crippen molar-refractivity contribution < 1.29 is 47.7 Å². The van der Waals surface area contributed by atoms with Gasteiger partial charge in [0.05, 0.1) is 126 Å². The molecule has 1 aromatic rings. The molecule has 264 valence electrons. The first kappa shape index (κ1) is 41.8. The van der Waals surface area contributed by atoms with Gasteiger partial charge in [0.1, 0.15) is 0 Å². The maximum Gasteiger partial charge on any atom is 0.0701 e. The van der Waals surface area contributed by atoms with E-state index in [9.17, 15) is 0 Å². The molecular weight excluding hydrogens is 580 g/mol. The topological polar surface area (TPSA) is 103 Å². The van der Waals surface area contributed by atoms with Gasteiger partial charge in [-0.3, -0.25) is 0 Å². The number of hydrogen-bond acceptors (Lipinski definition) is 10. The molecule has 0 radical (unpaired) electrons. The number of rotatable bonds is 37. The fourth-order valence-corrected chi connectivity index (χ4v) is 4.27. The van der Waals surface area contributed by atoms with Gasteiger partial charge >= 0.3 is 0 Å². The van der Waals surface area contributed by atoms with Crippen LogP contribution >= 0.6 is 0 Å². The second kappa shape index (κ2) is 35.7. The quantitative estimate of drug-likeness (QED) is 0.103. The summed E-state index contributed by atoms with van der Waals surface area (Å²) in [7, 11) is 0. The third-order valence-electron chi connectivity index (χ3n) is 6.84. The number of aryl methyl sites for hydroxylation is 1. The van der Waals surface area contributed by atoms with Crippen molar-refractivity contribution in [1.29, 1.82) is 0 Å². The fourth-order valence-electron chi connectivity index (χ4n) is 4.27. The molecule has 0 aromatic heterocycles. The molecule has 10 heteroatoms. The molecule has 0 aliphatic rings. The molecular formula is C35H64O10. The summed E-state index contributed by atoms with van der Waals surface area (Å²) in [6, 6.07) is 9.02. The van der Waals surface area contributed by atoms with Crippen LogP contribution in [0.4, 0.5) is 0 Å². The van der Waals surface area contributed by atoms with Crippen LogP contribution < -0.4 is 0 Å². The molecule has 0 aliphatic heterocycles. The van der Waals surface area contributed by atoms with Crippen molar-refractivity contribution in [1.82, 2.24) is 0 Å². The van der Waals surface area contributed by atoms with Crippen LogP contribution in [-0.2, 0) is 55.5 Å². The molecule has 0 saturated heterocycles. The van der Waals surface area contributed by atoms with Crippen molar-refractivity contribution in [2.75, 3.05) is 126 Å². The van der Waals surface area contributed by atoms with E-state index in [0.717, 1.165) is 6.42 Å². The van der Waals surface area contributed by atoms with Crippen LogP contribution in [0, 0.1) is 0 Å². The summed E-state index contributed by atoms with van der Waals surface area (Å²) in [5.74, 6) is 0. The van der Waals surface area contributed by atoms with Crippen molar-refractivity contribution in [2.45, 2.75) is 64.7 Å². The first-order valence-corrected chi connectivity index (χ1v) is 17.2. The van der Waals surface area contributed by atoms with E-state index < -0.39 is 0 Å². The van der Waals surface area contributed by atoms with Crippen LogP contribution in [0.3, 0.4) is 0 Å². The van der Waals surface area contributed by atoms with Gasteiger partial charge in [-0.05, 0) is 30.4 Å². The van der Waals surface area contributed by atoms with Crippen molar-refractivity contribution in [2.24, 2.45) is 0 Å². The van der Waals surface area contributed by atoms with Crippen molar-refractivity contribution in [3.63, 3.8) is 0 Å². The van der Waals surface area contributed by atoms with Gasteiger partial charge in [-0.2, -0.15) is 0 Å². The summed E-state index contributed by atoms with van der Waals surface area (Å²) in [5.41, 5.74) is 2.77. The third kappa shape index (κ3) is 31.2. The van der Waals surface area contributed by atoms with Crippen LogP contribution in [0.2, 0.25) is 0 Å². The fraction of sp³-hybridized carbons (Fsp3) is 0.829. The molecule has 10 nitrogen and oxygen atoms in total. The summed E-state index contributed by atoms with van der Waals surface area (Å²) >= 11 is 0. The van der Waals surface area contributed by atoms with E-state index in [0.29, 0.717) is 119 Å². The van der Waals surface area contributed by atoms with Crippen molar-refractivity contribution >= 4 is 0 Å². The second-order valence-electron chi connectivity index (χ2n) is 10.7. The van der Waals surface area contributed by atoms with Crippen molar-refractivity contribution in [3.05, 3.63) is 35.4 Å². The summed E-state index contributed by atoms with van der Waals surface area (Å²) in [6.07, 6.45) is 11.6. The minimum absolute atomic E-state index is 0.0302. The third-order valence-corrected chi connectivity index (χ3v) is 6.84. The van der Waals surface area contributed by atoms with E-state index in [4.69, 9.17) is 47.7 Å². The van der Waals surface area contributed by atoms with Crippen LogP contribution in [-0.4, -0.2) is 131 Å². The highest BCUT2D eigenvalue weighted by Crippen LogP contribution is 2.12. The number of hydrogen-bond donors (Lipinski definition) is 1. The predicted octanol–water partition coefficient (Wildman–Crippen LogP) is 4.66. The Morgan fingerprint density at radius 3 is 1.00 bits per heavy atom. The van der Waals surface area contributed by atoms with Gasteiger partial charge in [0, 0.05) is 0 Å². The molecule has 1 N–H and O–H groups in total. The number of aliphatic hydroxyl groups excluding tert-OH is 1. The van der Waals surface area contributed by atoms with Crippen molar-refractivity contribution in [3.8, 4) is 0 Å². The largest absolute Gasteiger partial charge is 0.394 e. The van der Waals surface area contributed by atoms with Crippen LogP contribution in [0.15, 0.2) is 24.3 Å². The lowest BCUT2D eigenvalue weighted by Crippen LogP contribution is -2.15. The van der Waals surface area contributed by atoms with Gasteiger partial charge in [-0.25, -0.2) is 0 Å². The smallest absolute Gasteiger partial charge is 0.0701 e.